The van der Waals surface area contributed by atoms with Crippen LogP contribution in [0.15, 0.2) is 24.3 Å². The summed E-state index contributed by atoms with van der Waals surface area (Å²) in [5.41, 5.74) is -0.0523. The summed E-state index contributed by atoms with van der Waals surface area (Å²) in [6.45, 7) is 7.29. The molecule has 126 valence electrons. The fraction of sp³-hybridized carbons (Fsp3) is 0.571. The van der Waals surface area contributed by atoms with E-state index in [1.165, 1.54) is 13.8 Å². The molecule has 0 saturated carbocycles. The van der Waals surface area contributed by atoms with Crippen molar-refractivity contribution in [1.29, 1.82) is 0 Å². The third-order valence-corrected chi connectivity index (χ3v) is 2.53. The molecule has 0 saturated heterocycles. The number of hydrogen-bond donors (Lipinski definition) is 0. The van der Waals surface area contributed by atoms with Crippen LogP contribution in [-0.4, -0.2) is 37.0 Å². The first-order valence-electron chi connectivity index (χ1n) is 6.31. The summed E-state index contributed by atoms with van der Waals surface area (Å²) >= 11 is 0. The van der Waals surface area contributed by atoms with Crippen molar-refractivity contribution in [3.8, 4) is 0 Å². The van der Waals surface area contributed by atoms with Crippen LogP contribution in [0.25, 0.3) is 0 Å². The molecule has 0 unspecified atom stereocenters. The highest BCUT2D eigenvalue weighted by Gasteiger charge is 2.55. The van der Waals surface area contributed by atoms with Crippen LogP contribution in [0.2, 0.25) is 0 Å². The number of hydrogen-bond acceptors (Lipinski definition) is 4. The summed E-state index contributed by atoms with van der Waals surface area (Å²) < 4.78 is 62.4. The minimum atomic E-state index is -4.40. The average molecular weight is 326 g/mol. The van der Waals surface area contributed by atoms with Crippen LogP contribution in [0.1, 0.15) is 26.7 Å². The van der Waals surface area contributed by atoms with E-state index in [1.807, 2.05) is 0 Å². The minimum absolute atomic E-state index is 0.0261. The van der Waals surface area contributed by atoms with Crippen molar-refractivity contribution in [2.45, 2.75) is 38.5 Å². The van der Waals surface area contributed by atoms with Gasteiger partial charge in [0.05, 0.1) is 26.1 Å². The highest BCUT2D eigenvalue weighted by Crippen LogP contribution is 2.39. The Hall–Kier alpha value is -1.86. The molecule has 0 aromatic carbocycles. The van der Waals surface area contributed by atoms with Gasteiger partial charge in [-0.15, -0.1) is 0 Å². The standard InChI is InChI=1S/C14H18F4O4/c1-9(2)11(19)21-7-5-13(15,16)14(17,18)6-8-22-12(20)10(3)4/h1,3,5-8H2,2,4H3. The minimum Gasteiger partial charge on any atom is -0.462 e. The molecule has 0 aliphatic rings. The van der Waals surface area contributed by atoms with Gasteiger partial charge in [-0.2, -0.15) is 17.6 Å². The van der Waals surface area contributed by atoms with E-state index in [1.54, 1.807) is 0 Å². The van der Waals surface area contributed by atoms with E-state index in [0.717, 1.165) is 0 Å². The Balaban J connectivity index is 4.41. The topological polar surface area (TPSA) is 52.6 Å². The molecule has 0 atom stereocenters. The monoisotopic (exact) mass is 326 g/mol. The summed E-state index contributed by atoms with van der Waals surface area (Å²) in [6, 6.07) is 0. The second kappa shape index (κ2) is 7.95. The van der Waals surface area contributed by atoms with Crippen molar-refractivity contribution in [3.63, 3.8) is 0 Å². The smallest absolute Gasteiger partial charge is 0.333 e. The summed E-state index contributed by atoms with van der Waals surface area (Å²) in [5.74, 6) is -10.7. The third-order valence-electron chi connectivity index (χ3n) is 2.53. The van der Waals surface area contributed by atoms with Gasteiger partial charge in [0.25, 0.3) is 0 Å². The maximum absolute atomic E-state index is 13.4. The van der Waals surface area contributed by atoms with Gasteiger partial charge in [-0.05, 0) is 13.8 Å². The number of alkyl halides is 4. The third kappa shape index (κ3) is 6.28. The molecule has 0 bridgehead atoms. The highest BCUT2D eigenvalue weighted by atomic mass is 19.3. The number of esters is 2. The Labute approximate surface area is 125 Å². The molecule has 0 aliphatic carbocycles. The van der Waals surface area contributed by atoms with E-state index in [2.05, 4.69) is 22.6 Å². The van der Waals surface area contributed by atoms with Crippen LogP contribution >= 0.6 is 0 Å². The van der Waals surface area contributed by atoms with Gasteiger partial charge < -0.3 is 9.47 Å². The largest absolute Gasteiger partial charge is 0.462 e. The van der Waals surface area contributed by atoms with Gasteiger partial charge in [0.2, 0.25) is 0 Å². The SMILES string of the molecule is C=C(C)C(=O)OCCC(F)(F)C(F)(F)CCOC(=O)C(=C)C. The average Bonchev–Trinajstić information content (AvgIpc) is 2.37. The fourth-order valence-electron chi connectivity index (χ4n) is 1.16. The van der Waals surface area contributed by atoms with Gasteiger partial charge in [-0.25, -0.2) is 9.59 Å². The lowest BCUT2D eigenvalue weighted by Crippen LogP contribution is -2.42. The van der Waals surface area contributed by atoms with E-state index in [9.17, 15) is 27.2 Å². The molecule has 8 heteroatoms. The maximum Gasteiger partial charge on any atom is 0.333 e. The van der Waals surface area contributed by atoms with Crippen molar-refractivity contribution in [2.24, 2.45) is 0 Å². The summed E-state index contributed by atoms with van der Waals surface area (Å²) in [4.78, 5) is 21.9. The maximum atomic E-state index is 13.4. The van der Waals surface area contributed by atoms with Gasteiger partial charge >= 0.3 is 23.8 Å². The first-order valence-corrected chi connectivity index (χ1v) is 6.31. The molecule has 0 aliphatic heterocycles. The first-order chi connectivity index (χ1) is 9.90. The van der Waals surface area contributed by atoms with Crippen molar-refractivity contribution >= 4 is 11.9 Å². The number of carbonyl (C=O) groups is 2. The van der Waals surface area contributed by atoms with E-state index in [-0.39, 0.29) is 11.1 Å². The molecular weight excluding hydrogens is 308 g/mol. The highest BCUT2D eigenvalue weighted by molar-refractivity contribution is 5.87. The normalized spacial score (nSPS) is 11.7. The van der Waals surface area contributed by atoms with Crippen molar-refractivity contribution < 1.29 is 36.6 Å². The van der Waals surface area contributed by atoms with Crippen molar-refractivity contribution in [1.82, 2.24) is 0 Å². The van der Waals surface area contributed by atoms with Crippen LogP contribution in [0.4, 0.5) is 17.6 Å². The van der Waals surface area contributed by atoms with E-state index >= 15 is 0 Å². The fourth-order valence-corrected chi connectivity index (χ4v) is 1.16. The molecule has 0 aromatic rings. The molecule has 0 N–H and O–H groups in total. The van der Waals surface area contributed by atoms with Crippen molar-refractivity contribution in [2.75, 3.05) is 13.2 Å². The number of carbonyl (C=O) groups excluding carboxylic acids is 2. The Morgan fingerprint density at radius 1 is 0.818 bits per heavy atom. The van der Waals surface area contributed by atoms with Gasteiger partial charge in [-0.1, -0.05) is 13.2 Å². The van der Waals surface area contributed by atoms with E-state index < -0.39 is 49.8 Å². The number of ether oxygens (including phenoxy) is 2. The second-order valence-corrected chi connectivity index (χ2v) is 4.74. The molecule has 4 nitrogen and oxygen atoms in total. The first kappa shape index (κ1) is 20.1. The van der Waals surface area contributed by atoms with E-state index in [0.29, 0.717) is 0 Å². The second-order valence-electron chi connectivity index (χ2n) is 4.74. The molecule has 0 amide bonds. The van der Waals surface area contributed by atoms with Crippen LogP contribution in [0.5, 0.6) is 0 Å². The molecule has 0 fully saturated rings. The molecule has 0 spiro atoms. The van der Waals surface area contributed by atoms with Crippen molar-refractivity contribution in [3.05, 3.63) is 24.3 Å². The molecule has 0 radical (unpaired) electrons. The predicted octanol–water partition coefficient (Wildman–Crippen LogP) is 3.28. The molecule has 0 aromatic heterocycles. The van der Waals surface area contributed by atoms with Crippen LogP contribution in [-0.2, 0) is 19.1 Å². The van der Waals surface area contributed by atoms with Gasteiger partial charge in [0, 0.05) is 11.1 Å². The van der Waals surface area contributed by atoms with Crippen LogP contribution < -0.4 is 0 Å². The Bertz CT molecular complexity index is 416. The molecular formula is C14H18F4O4. The lowest BCUT2D eigenvalue weighted by atomic mass is 10.1. The quantitative estimate of drug-likeness (QED) is 0.371. The Kier molecular flexibility index (Phi) is 7.28. The van der Waals surface area contributed by atoms with E-state index in [4.69, 9.17) is 0 Å². The number of halogens is 4. The van der Waals surface area contributed by atoms with Crippen LogP contribution in [0, 0.1) is 0 Å². The summed E-state index contributed by atoms with van der Waals surface area (Å²) in [7, 11) is 0. The van der Waals surface area contributed by atoms with Crippen LogP contribution in [0.3, 0.4) is 0 Å². The molecule has 0 rings (SSSR count). The molecule has 22 heavy (non-hydrogen) atoms. The number of rotatable bonds is 9. The van der Waals surface area contributed by atoms with Gasteiger partial charge in [0.1, 0.15) is 0 Å². The Morgan fingerprint density at radius 2 is 1.09 bits per heavy atom. The summed E-state index contributed by atoms with van der Waals surface area (Å²) in [6.07, 6.45) is -2.71. The predicted molar refractivity (Wildman–Crippen MR) is 70.7 cm³/mol. The zero-order valence-corrected chi connectivity index (χ0v) is 12.4. The molecule has 0 heterocycles. The lowest BCUT2D eigenvalue weighted by Gasteiger charge is -2.26. The Morgan fingerprint density at radius 3 is 1.32 bits per heavy atom. The van der Waals surface area contributed by atoms with Gasteiger partial charge in [0.15, 0.2) is 0 Å². The zero-order chi connectivity index (χ0) is 17.6. The summed E-state index contributed by atoms with van der Waals surface area (Å²) in [5, 5.41) is 0. The van der Waals surface area contributed by atoms with Gasteiger partial charge in [-0.3, -0.25) is 0 Å². The zero-order valence-electron chi connectivity index (χ0n) is 12.4. The lowest BCUT2D eigenvalue weighted by molar-refractivity contribution is -0.223.